The van der Waals surface area contributed by atoms with E-state index < -0.39 is 10.0 Å². The summed E-state index contributed by atoms with van der Waals surface area (Å²) in [7, 11) is -2.01. The fourth-order valence-corrected chi connectivity index (χ4v) is 3.08. The number of benzene rings is 1. The summed E-state index contributed by atoms with van der Waals surface area (Å²) < 4.78 is 30.1. The van der Waals surface area contributed by atoms with Crippen LogP contribution in [-0.4, -0.2) is 46.9 Å². The number of nitrogens with one attached hydrogen (secondary N) is 1. The van der Waals surface area contributed by atoms with Gasteiger partial charge >= 0.3 is 0 Å². The summed E-state index contributed by atoms with van der Waals surface area (Å²) in [6.45, 7) is 5.68. The van der Waals surface area contributed by atoms with Gasteiger partial charge in [0.15, 0.2) is 0 Å². The van der Waals surface area contributed by atoms with Gasteiger partial charge in [0.2, 0.25) is 15.9 Å². The van der Waals surface area contributed by atoms with Gasteiger partial charge in [-0.1, -0.05) is 6.07 Å². The van der Waals surface area contributed by atoms with Crippen molar-refractivity contribution < 1.29 is 17.9 Å². The molecule has 1 aromatic rings. The fourth-order valence-electron chi connectivity index (χ4n) is 2.24. The van der Waals surface area contributed by atoms with E-state index in [1.165, 1.54) is 0 Å². The Morgan fingerprint density at radius 1 is 1.27 bits per heavy atom. The molecule has 124 valence electrons. The SMILES string of the molecule is COC[C@@H](C)NC(=O)CN(c1cc(C)cc(C)c1)S(C)(=O)=O. The van der Waals surface area contributed by atoms with Crippen molar-refractivity contribution in [2.45, 2.75) is 26.8 Å². The Morgan fingerprint density at radius 2 is 1.82 bits per heavy atom. The molecule has 0 aromatic heterocycles. The number of carbonyl (C=O) groups excluding carboxylic acids is 1. The summed E-state index contributed by atoms with van der Waals surface area (Å²) in [4.78, 5) is 12.1. The first-order valence-electron chi connectivity index (χ1n) is 6.97. The Bertz CT molecular complexity index is 608. The van der Waals surface area contributed by atoms with Gasteiger partial charge in [-0.15, -0.1) is 0 Å². The fraction of sp³-hybridized carbons (Fsp3) is 0.533. The second kappa shape index (κ2) is 7.60. The van der Waals surface area contributed by atoms with Crippen molar-refractivity contribution in [2.75, 3.05) is 30.8 Å². The zero-order chi connectivity index (χ0) is 16.9. The molecule has 22 heavy (non-hydrogen) atoms. The number of sulfonamides is 1. The molecule has 1 amide bonds. The lowest BCUT2D eigenvalue weighted by atomic mass is 10.1. The summed E-state index contributed by atoms with van der Waals surface area (Å²) in [5, 5.41) is 2.71. The molecule has 0 aliphatic carbocycles. The lowest BCUT2D eigenvalue weighted by Gasteiger charge is -2.23. The summed E-state index contributed by atoms with van der Waals surface area (Å²) in [6, 6.07) is 5.27. The third-order valence-corrected chi connectivity index (χ3v) is 4.15. The van der Waals surface area contributed by atoms with E-state index in [1.807, 2.05) is 19.9 Å². The minimum Gasteiger partial charge on any atom is -0.383 e. The molecule has 0 fully saturated rings. The Kier molecular flexibility index (Phi) is 6.37. The summed E-state index contributed by atoms with van der Waals surface area (Å²) in [5.41, 5.74) is 2.38. The van der Waals surface area contributed by atoms with Crippen LogP contribution in [0.5, 0.6) is 0 Å². The zero-order valence-electron chi connectivity index (χ0n) is 13.7. The maximum absolute atomic E-state index is 12.1. The molecule has 7 heteroatoms. The lowest BCUT2D eigenvalue weighted by Crippen LogP contribution is -2.44. The monoisotopic (exact) mass is 328 g/mol. The molecular weight excluding hydrogens is 304 g/mol. The number of rotatable bonds is 7. The van der Waals surface area contributed by atoms with Crippen LogP contribution in [0.2, 0.25) is 0 Å². The van der Waals surface area contributed by atoms with Gasteiger partial charge in [0.25, 0.3) is 0 Å². The van der Waals surface area contributed by atoms with Gasteiger partial charge in [0.1, 0.15) is 6.54 Å². The molecule has 1 N–H and O–H groups in total. The van der Waals surface area contributed by atoms with E-state index in [9.17, 15) is 13.2 Å². The highest BCUT2D eigenvalue weighted by molar-refractivity contribution is 7.92. The summed E-state index contributed by atoms with van der Waals surface area (Å²) >= 11 is 0. The Hall–Kier alpha value is -1.60. The van der Waals surface area contributed by atoms with Crippen LogP contribution in [0.15, 0.2) is 18.2 Å². The number of hydrogen-bond donors (Lipinski definition) is 1. The average molecular weight is 328 g/mol. The van der Waals surface area contributed by atoms with E-state index in [0.29, 0.717) is 12.3 Å². The van der Waals surface area contributed by atoms with Crippen LogP contribution in [0.4, 0.5) is 5.69 Å². The number of methoxy groups -OCH3 is 1. The van der Waals surface area contributed by atoms with E-state index in [4.69, 9.17) is 4.74 Å². The number of anilines is 1. The number of nitrogens with zero attached hydrogens (tertiary/aromatic N) is 1. The normalized spacial score (nSPS) is 12.8. The lowest BCUT2D eigenvalue weighted by molar-refractivity contribution is -0.120. The van der Waals surface area contributed by atoms with Crippen molar-refractivity contribution in [1.82, 2.24) is 5.32 Å². The van der Waals surface area contributed by atoms with Gasteiger partial charge < -0.3 is 10.1 Å². The predicted octanol–water partition coefficient (Wildman–Crippen LogP) is 1.22. The van der Waals surface area contributed by atoms with Crippen molar-refractivity contribution in [1.29, 1.82) is 0 Å². The van der Waals surface area contributed by atoms with Crippen LogP contribution in [0, 0.1) is 13.8 Å². The molecule has 0 aliphatic heterocycles. The minimum atomic E-state index is -3.55. The molecule has 0 saturated heterocycles. The number of ether oxygens (including phenoxy) is 1. The van der Waals surface area contributed by atoms with Gasteiger partial charge in [-0.25, -0.2) is 8.42 Å². The van der Waals surface area contributed by atoms with Crippen LogP contribution in [0.3, 0.4) is 0 Å². The Morgan fingerprint density at radius 3 is 2.27 bits per heavy atom. The molecule has 1 atom stereocenters. The number of amides is 1. The smallest absolute Gasteiger partial charge is 0.241 e. The molecular formula is C15H24N2O4S. The van der Waals surface area contributed by atoms with Gasteiger partial charge in [-0.2, -0.15) is 0 Å². The molecule has 6 nitrogen and oxygen atoms in total. The van der Waals surface area contributed by atoms with E-state index in [2.05, 4.69) is 5.32 Å². The minimum absolute atomic E-state index is 0.182. The molecule has 0 aliphatic rings. The average Bonchev–Trinajstić information content (AvgIpc) is 2.33. The van der Waals surface area contributed by atoms with E-state index >= 15 is 0 Å². The van der Waals surface area contributed by atoms with E-state index in [-0.39, 0.29) is 18.5 Å². The standard InChI is InChI=1S/C15H24N2O4S/c1-11-6-12(2)8-14(7-11)17(22(5,19)20)9-15(18)16-13(3)10-21-4/h6-8,13H,9-10H2,1-5H3,(H,16,18)/t13-/m1/s1. The van der Waals surface area contributed by atoms with E-state index in [0.717, 1.165) is 21.7 Å². The quantitative estimate of drug-likeness (QED) is 0.816. The maximum atomic E-state index is 12.1. The van der Waals surface area contributed by atoms with Gasteiger partial charge in [0, 0.05) is 13.2 Å². The molecule has 0 bridgehead atoms. The van der Waals surface area contributed by atoms with Crippen LogP contribution in [0.1, 0.15) is 18.1 Å². The van der Waals surface area contributed by atoms with Crippen LogP contribution in [-0.2, 0) is 19.6 Å². The van der Waals surface area contributed by atoms with Crippen molar-refractivity contribution in [3.8, 4) is 0 Å². The van der Waals surface area contributed by atoms with Crippen LogP contribution in [0.25, 0.3) is 0 Å². The molecule has 0 unspecified atom stereocenters. The first kappa shape index (κ1) is 18.4. The zero-order valence-corrected chi connectivity index (χ0v) is 14.5. The first-order chi connectivity index (χ1) is 10.1. The molecule has 0 saturated carbocycles. The number of carbonyl (C=O) groups is 1. The summed E-state index contributed by atoms with van der Waals surface area (Å²) in [5.74, 6) is -0.367. The number of aryl methyl sites for hydroxylation is 2. The first-order valence-corrected chi connectivity index (χ1v) is 8.82. The highest BCUT2D eigenvalue weighted by Gasteiger charge is 2.22. The van der Waals surface area contributed by atoms with Gasteiger partial charge in [0.05, 0.1) is 18.6 Å². The molecule has 0 spiro atoms. The summed E-state index contributed by atoms with van der Waals surface area (Å²) in [6.07, 6.45) is 1.09. The van der Waals surface area contributed by atoms with Crippen molar-refractivity contribution in [3.63, 3.8) is 0 Å². The Balaban J connectivity index is 2.98. The highest BCUT2D eigenvalue weighted by Crippen LogP contribution is 2.21. The molecule has 1 rings (SSSR count). The number of hydrogen-bond acceptors (Lipinski definition) is 4. The van der Waals surface area contributed by atoms with Gasteiger partial charge in [-0.05, 0) is 44.0 Å². The third-order valence-electron chi connectivity index (χ3n) is 3.01. The third kappa shape index (κ3) is 5.65. The van der Waals surface area contributed by atoms with Crippen molar-refractivity contribution in [3.05, 3.63) is 29.3 Å². The van der Waals surface area contributed by atoms with E-state index in [1.54, 1.807) is 26.2 Å². The van der Waals surface area contributed by atoms with Crippen molar-refractivity contribution in [2.24, 2.45) is 0 Å². The highest BCUT2D eigenvalue weighted by atomic mass is 32.2. The van der Waals surface area contributed by atoms with Crippen molar-refractivity contribution >= 4 is 21.6 Å². The second-order valence-corrected chi connectivity index (χ2v) is 7.45. The second-order valence-electron chi connectivity index (χ2n) is 5.54. The topological polar surface area (TPSA) is 75.7 Å². The largest absolute Gasteiger partial charge is 0.383 e. The maximum Gasteiger partial charge on any atom is 0.241 e. The van der Waals surface area contributed by atoms with Gasteiger partial charge in [-0.3, -0.25) is 9.10 Å². The molecule has 0 heterocycles. The van der Waals surface area contributed by atoms with Crippen LogP contribution >= 0.6 is 0 Å². The molecule has 0 radical (unpaired) electrons. The predicted molar refractivity (Wildman–Crippen MR) is 87.6 cm³/mol. The Labute approximate surface area is 132 Å². The molecule has 1 aromatic carbocycles. The van der Waals surface area contributed by atoms with Crippen LogP contribution < -0.4 is 9.62 Å².